The minimum absolute atomic E-state index is 0.866. The fourth-order valence-electron chi connectivity index (χ4n) is 3.54. The van der Waals surface area contributed by atoms with Gasteiger partial charge in [0.05, 0.1) is 0 Å². The lowest BCUT2D eigenvalue weighted by Gasteiger charge is -2.10. The maximum Gasteiger partial charge on any atom is 0.127 e. The normalized spacial score (nSPS) is 10.7. The number of hydrogen-bond donors (Lipinski definition) is 0. The summed E-state index contributed by atoms with van der Waals surface area (Å²) in [4.78, 5) is 0. The van der Waals surface area contributed by atoms with Crippen molar-refractivity contribution in [1.82, 2.24) is 0 Å². The Kier molecular flexibility index (Phi) is 5.76. The van der Waals surface area contributed by atoms with Crippen LogP contribution in [0.4, 0.5) is 0 Å². The number of rotatable bonds is 6. The molecule has 0 amide bonds. The predicted molar refractivity (Wildman–Crippen MR) is 121 cm³/mol. The lowest BCUT2D eigenvalue weighted by molar-refractivity contribution is 0.482. The van der Waals surface area contributed by atoms with E-state index in [-0.39, 0.29) is 0 Å². The summed E-state index contributed by atoms with van der Waals surface area (Å²) in [7, 11) is 0. The Bertz CT molecular complexity index is 987. The Labute approximate surface area is 173 Å². The fraction of sp³-hybridized carbons (Fsp3) is 0.143. The first-order chi connectivity index (χ1) is 14.2. The van der Waals surface area contributed by atoms with Gasteiger partial charge in [0, 0.05) is 0 Å². The van der Waals surface area contributed by atoms with Crippen LogP contribution in [0.15, 0.2) is 97.1 Å². The molecule has 1 heteroatoms. The van der Waals surface area contributed by atoms with Gasteiger partial charge >= 0.3 is 0 Å². The average molecular weight is 379 g/mol. The molecule has 0 atom stereocenters. The van der Waals surface area contributed by atoms with Crippen LogP contribution in [0, 0.1) is 13.8 Å². The van der Waals surface area contributed by atoms with Crippen LogP contribution in [-0.2, 0) is 12.8 Å². The van der Waals surface area contributed by atoms with Crippen molar-refractivity contribution in [1.29, 1.82) is 0 Å². The van der Waals surface area contributed by atoms with Gasteiger partial charge in [0.15, 0.2) is 0 Å². The highest BCUT2D eigenvalue weighted by Crippen LogP contribution is 2.24. The zero-order valence-electron chi connectivity index (χ0n) is 17.1. The standard InChI is InChI=1S/C28H26O/c1-21-7-3-5-9-25(21)19-23-11-15-27(16-12-23)29-28-17-13-24(14-18-28)20-26-10-6-4-8-22(26)2/h3-18H,19-20H2,1-2H3. The van der Waals surface area contributed by atoms with Crippen molar-refractivity contribution in [3.05, 3.63) is 130 Å². The zero-order valence-corrected chi connectivity index (χ0v) is 17.1. The van der Waals surface area contributed by atoms with Crippen LogP contribution in [0.2, 0.25) is 0 Å². The second kappa shape index (κ2) is 8.79. The van der Waals surface area contributed by atoms with Gasteiger partial charge in [-0.15, -0.1) is 0 Å². The third-order valence-corrected chi connectivity index (χ3v) is 5.39. The SMILES string of the molecule is Cc1ccccc1Cc1ccc(Oc2ccc(Cc3ccccc3C)cc2)cc1. The molecule has 0 heterocycles. The molecule has 29 heavy (non-hydrogen) atoms. The molecule has 0 fully saturated rings. The van der Waals surface area contributed by atoms with E-state index in [1.165, 1.54) is 33.4 Å². The predicted octanol–water partition coefficient (Wildman–Crippen LogP) is 7.28. The minimum Gasteiger partial charge on any atom is -0.457 e. The summed E-state index contributed by atoms with van der Waals surface area (Å²) in [6.45, 7) is 4.32. The molecule has 4 rings (SSSR count). The smallest absolute Gasteiger partial charge is 0.127 e. The second-order valence-corrected chi connectivity index (χ2v) is 7.60. The third kappa shape index (κ3) is 4.94. The fourth-order valence-corrected chi connectivity index (χ4v) is 3.54. The minimum atomic E-state index is 0.866. The van der Waals surface area contributed by atoms with E-state index in [0.29, 0.717) is 0 Å². The Hall–Kier alpha value is -3.32. The second-order valence-electron chi connectivity index (χ2n) is 7.60. The molecule has 0 aliphatic heterocycles. The largest absolute Gasteiger partial charge is 0.457 e. The molecular weight excluding hydrogens is 352 g/mol. The van der Waals surface area contributed by atoms with Gasteiger partial charge in [-0.1, -0.05) is 72.8 Å². The van der Waals surface area contributed by atoms with Crippen molar-refractivity contribution < 1.29 is 4.74 Å². The van der Waals surface area contributed by atoms with Gasteiger partial charge < -0.3 is 4.74 Å². The van der Waals surface area contributed by atoms with E-state index >= 15 is 0 Å². The first kappa shape index (κ1) is 19.0. The summed E-state index contributed by atoms with van der Waals surface area (Å²) >= 11 is 0. The van der Waals surface area contributed by atoms with Gasteiger partial charge in [-0.2, -0.15) is 0 Å². The van der Waals surface area contributed by atoms with E-state index < -0.39 is 0 Å². The molecule has 0 N–H and O–H groups in total. The molecule has 0 saturated heterocycles. The van der Waals surface area contributed by atoms with Gasteiger partial charge in [0.25, 0.3) is 0 Å². The van der Waals surface area contributed by atoms with E-state index in [4.69, 9.17) is 4.74 Å². The first-order valence-electron chi connectivity index (χ1n) is 10.1. The van der Waals surface area contributed by atoms with E-state index in [2.05, 4.69) is 111 Å². The van der Waals surface area contributed by atoms with Crippen molar-refractivity contribution in [3.8, 4) is 11.5 Å². The third-order valence-electron chi connectivity index (χ3n) is 5.39. The van der Waals surface area contributed by atoms with E-state index in [9.17, 15) is 0 Å². The van der Waals surface area contributed by atoms with Crippen LogP contribution < -0.4 is 4.74 Å². The molecule has 0 unspecified atom stereocenters. The van der Waals surface area contributed by atoms with Crippen molar-refractivity contribution in [2.24, 2.45) is 0 Å². The van der Waals surface area contributed by atoms with E-state index in [1.54, 1.807) is 0 Å². The molecule has 0 saturated carbocycles. The highest BCUT2D eigenvalue weighted by Gasteiger charge is 2.03. The molecule has 0 bridgehead atoms. The monoisotopic (exact) mass is 378 g/mol. The Morgan fingerprint density at radius 3 is 1.24 bits per heavy atom. The molecular formula is C28H26O. The summed E-state index contributed by atoms with van der Waals surface area (Å²) < 4.78 is 6.04. The van der Waals surface area contributed by atoms with Crippen LogP contribution in [0.1, 0.15) is 33.4 Å². The molecule has 0 radical (unpaired) electrons. The summed E-state index contributed by atoms with van der Waals surface area (Å²) in [5.74, 6) is 1.73. The van der Waals surface area contributed by atoms with E-state index in [0.717, 1.165) is 24.3 Å². The van der Waals surface area contributed by atoms with Crippen molar-refractivity contribution >= 4 is 0 Å². The van der Waals surface area contributed by atoms with Gasteiger partial charge in [-0.25, -0.2) is 0 Å². The topological polar surface area (TPSA) is 9.23 Å². The van der Waals surface area contributed by atoms with Crippen LogP contribution in [0.25, 0.3) is 0 Å². The summed E-state index contributed by atoms with van der Waals surface area (Å²) in [6, 6.07) is 33.9. The lowest BCUT2D eigenvalue weighted by atomic mass is 10.0. The Morgan fingerprint density at radius 2 is 0.862 bits per heavy atom. The number of ether oxygens (including phenoxy) is 1. The van der Waals surface area contributed by atoms with Crippen molar-refractivity contribution in [3.63, 3.8) is 0 Å². The lowest BCUT2D eigenvalue weighted by Crippen LogP contribution is -1.93. The number of aryl methyl sites for hydroxylation is 2. The summed E-state index contributed by atoms with van der Waals surface area (Å²) in [6.07, 6.45) is 1.89. The number of benzene rings is 4. The Morgan fingerprint density at radius 1 is 0.483 bits per heavy atom. The van der Waals surface area contributed by atoms with E-state index in [1.807, 2.05) is 0 Å². The van der Waals surface area contributed by atoms with Crippen LogP contribution >= 0.6 is 0 Å². The van der Waals surface area contributed by atoms with Crippen LogP contribution in [-0.4, -0.2) is 0 Å². The quantitative estimate of drug-likeness (QED) is 0.342. The number of hydrogen-bond acceptors (Lipinski definition) is 1. The molecule has 4 aromatic rings. The zero-order chi connectivity index (χ0) is 20.1. The highest BCUT2D eigenvalue weighted by atomic mass is 16.5. The van der Waals surface area contributed by atoms with Gasteiger partial charge in [-0.3, -0.25) is 0 Å². The molecule has 4 aromatic carbocycles. The van der Waals surface area contributed by atoms with Crippen LogP contribution in [0.5, 0.6) is 11.5 Å². The maximum atomic E-state index is 6.04. The van der Waals surface area contributed by atoms with Gasteiger partial charge in [0.1, 0.15) is 11.5 Å². The summed E-state index contributed by atoms with van der Waals surface area (Å²) in [5, 5.41) is 0. The Balaban J connectivity index is 1.39. The van der Waals surface area contributed by atoms with Gasteiger partial charge in [-0.05, 0) is 84.3 Å². The summed E-state index contributed by atoms with van der Waals surface area (Å²) in [5.41, 5.74) is 7.98. The maximum absolute atomic E-state index is 6.04. The molecule has 0 spiro atoms. The molecule has 1 nitrogen and oxygen atoms in total. The molecule has 0 aliphatic rings. The molecule has 0 aliphatic carbocycles. The average Bonchev–Trinajstić information content (AvgIpc) is 2.74. The van der Waals surface area contributed by atoms with Gasteiger partial charge in [0.2, 0.25) is 0 Å². The van der Waals surface area contributed by atoms with Crippen LogP contribution in [0.3, 0.4) is 0 Å². The van der Waals surface area contributed by atoms with Crippen molar-refractivity contribution in [2.75, 3.05) is 0 Å². The molecule has 144 valence electrons. The van der Waals surface area contributed by atoms with Crippen molar-refractivity contribution in [2.45, 2.75) is 26.7 Å². The highest BCUT2D eigenvalue weighted by molar-refractivity contribution is 5.39. The first-order valence-corrected chi connectivity index (χ1v) is 10.1. The molecule has 0 aromatic heterocycles.